The number of hydrogen-bond donors (Lipinski definition) is 0. The Labute approximate surface area is 128 Å². The highest BCUT2D eigenvalue weighted by atomic mass is 79.9. The van der Waals surface area contributed by atoms with E-state index < -0.39 is 11.6 Å². The molecular weight excluding hydrogens is 378 g/mol. The van der Waals surface area contributed by atoms with E-state index in [4.69, 9.17) is 0 Å². The first kappa shape index (κ1) is 14.7. The van der Waals surface area contributed by atoms with Gasteiger partial charge in [-0.15, -0.1) is 0 Å². The van der Waals surface area contributed by atoms with Crippen LogP contribution in [0, 0.1) is 25.5 Å². The highest BCUT2D eigenvalue weighted by Crippen LogP contribution is 2.35. The number of benzene rings is 2. The fourth-order valence-electron chi connectivity index (χ4n) is 2.07. The zero-order valence-corrected chi connectivity index (χ0v) is 13.6. The Morgan fingerprint density at radius 2 is 1.47 bits per heavy atom. The van der Waals surface area contributed by atoms with Crippen molar-refractivity contribution in [3.8, 4) is 0 Å². The van der Waals surface area contributed by atoms with Gasteiger partial charge in [-0.05, 0) is 47.5 Å². The predicted octanol–water partition coefficient (Wildman–Crippen LogP) is 5.83. The smallest absolute Gasteiger partial charge is 0.137 e. The van der Waals surface area contributed by atoms with E-state index in [1.165, 1.54) is 6.07 Å². The number of hydrogen-bond acceptors (Lipinski definition) is 0. The quantitative estimate of drug-likeness (QED) is 0.447. The molecule has 2 rings (SSSR count). The van der Waals surface area contributed by atoms with Crippen molar-refractivity contribution in [2.24, 2.45) is 0 Å². The zero-order chi connectivity index (χ0) is 14.2. The van der Waals surface area contributed by atoms with Gasteiger partial charge in [0.25, 0.3) is 0 Å². The largest absolute Gasteiger partial charge is 0.207 e. The van der Waals surface area contributed by atoms with Gasteiger partial charge < -0.3 is 0 Å². The summed E-state index contributed by atoms with van der Waals surface area (Å²) < 4.78 is 27.6. The van der Waals surface area contributed by atoms with Crippen molar-refractivity contribution in [3.63, 3.8) is 0 Å². The summed E-state index contributed by atoms with van der Waals surface area (Å²) >= 11 is 6.43. The SMILES string of the molecule is Cc1cc(C)cc(C(Br)c2cc(F)c(Br)cc2F)c1. The van der Waals surface area contributed by atoms with Gasteiger partial charge in [0.1, 0.15) is 11.6 Å². The van der Waals surface area contributed by atoms with Gasteiger partial charge in [-0.25, -0.2) is 8.78 Å². The normalized spacial score (nSPS) is 12.5. The van der Waals surface area contributed by atoms with Crippen molar-refractivity contribution in [2.75, 3.05) is 0 Å². The van der Waals surface area contributed by atoms with Gasteiger partial charge >= 0.3 is 0 Å². The summed E-state index contributed by atoms with van der Waals surface area (Å²) in [5, 5.41) is 0. The van der Waals surface area contributed by atoms with Crippen molar-refractivity contribution in [1.82, 2.24) is 0 Å². The number of alkyl halides is 1. The lowest BCUT2D eigenvalue weighted by atomic mass is 10.0. The van der Waals surface area contributed by atoms with Gasteiger partial charge in [0.15, 0.2) is 0 Å². The van der Waals surface area contributed by atoms with Crippen LogP contribution in [0.4, 0.5) is 8.78 Å². The van der Waals surface area contributed by atoms with E-state index in [0.717, 1.165) is 22.8 Å². The second-order valence-corrected chi connectivity index (χ2v) is 6.34. The van der Waals surface area contributed by atoms with E-state index in [-0.39, 0.29) is 9.30 Å². The zero-order valence-electron chi connectivity index (χ0n) is 10.5. The summed E-state index contributed by atoms with van der Waals surface area (Å²) in [6.07, 6.45) is 0. The van der Waals surface area contributed by atoms with E-state index in [0.29, 0.717) is 5.56 Å². The van der Waals surface area contributed by atoms with Crippen LogP contribution in [0.15, 0.2) is 34.8 Å². The molecule has 19 heavy (non-hydrogen) atoms. The Hall–Kier alpha value is -0.740. The molecule has 0 nitrogen and oxygen atoms in total. The highest BCUT2D eigenvalue weighted by Gasteiger charge is 2.18. The van der Waals surface area contributed by atoms with Crippen LogP contribution in [0.5, 0.6) is 0 Å². The molecule has 2 aromatic carbocycles. The van der Waals surface area contributed by atoms with Crippen molar-refractivity contribution in [2.45, 2.75) is 18.7 Å². The fraction of sp³-hybridized carbons (Fsp3) is 0.200. The van der Waals surface area contributed by atoms with Gasteiger partial charge in [-0.3, -0.25) is 0 Å². The molecule has 0 aliphatic heterocycles. The van der Waals surface area contributed by atoms with E-state index in [1.54, 1.807) is 0 Å². The maximum atomic E-state index is 13.9. The van der Waals surface area contributed by atoms with Crippen molar-refractivity contribution in [1.29, 1.82) is 0 Å². The molecule has 0 fully saturated rings. The van der Waals surface area contributed by atoms with Gasteiger partial charge in [-0.2, -0.15) is 0 Å². The van der Waals surface area contributed by atoms with Gasteiger partial charge in [0.05, 0.1) is 9.30 Å². The van der Waals surface area contributed by atoms with E-state index in [2.05, 4.69) is 31.9 Å². The summed E-state index contributed by atoms with van der Waals surface area (Å²) in [7, 11) is 0. The Kier molecular flexibility index (Phi) is 4.41. The molecule has 0 saturated carbocycles. The summed E-state index contributed by atoms with van der Waals surface area (Å²) in [6.45, 7) is 3.96. The predicted molar refractivity (Wildman–Crippen MR) is 80.7 cm³/mol. The van der Waals surface area contributed by atoms with Crippen LogP contribution in [-0.2, 0) is 0 Å². The molecule has 4 heteroatoms. The summed E-state index contributed by atoms with van der Waals surface area (Å²) in [4.78, 5) is -0.367. The molecule has 2 aromatic rings. The van der Waals surface area contributed by atoms with Crippen LogP contribution in [0.3, 0.4) is 0 Å². The first-order valence-corrected chi connectivity index (χ1v) is 7.46. The number of halogens is 4. The average Bonchev–Trinajstić information content (AvgIpc) is 2.31. The molecule has 0 N–H and O–H groups in total. The fourth-order valence-corrected chi connectivity index (χ4v) is 3.00. The standard InChI is InChI=1S/C15H12Br2F2/c1-8-3-9(2)5-10(4-8)15(17)11-6-14(19)12(16)7-13(11)18/h3-7,15H,1-2H3. The lowest BCUT2D eigenvalue weighted by Crippen LogP contribution is -1.99. The molecule has 0 aromatic heterocycles. The minimum atomic E-state index is -0.467. The topological polar surface area (TPSA) is 0 Å². The van der Waals surface area contributed by atoms with Crippen LogP contribution in [0.25, 0.3) is 0 Å². The lowest BCUT2D eigenvalue weighted by Gasteiger charge is -2.14. The van der Waals surface area contributed by atoms with Crippen molar-refractivity contribution >= 4 is 31.9 Å². The summed E-state index contributed by atoms with van der Waals surface area (Å²) in [5.74, 6) is -0.903. The minimum Gasteiger partial charge on any atom is -0.207 e. The van der Waals surface area contributed by atoms with Crippen LogP contribution < -0.4 is 0 Å². The van der Waals surface area contributed by atoms with Crippen molar-refractivity contribution < 1.29 is 8.78 Å². The van der Waals surface area contributed by atoms with Gasteiger partial charge in [-0.1, -0.05) is 45.3 Å². The molecule has 1 unspecified atom stereocenters. The second kappa shape index (κ2) is 5.71. The maximum absolute atomic E-state index is 13.9. The Bertz CT molecular complexity index is 604. The van der Waals surface area contributed by atoms with Crippen molar-refractivity contribution in [3.05, 3.63) is 68.7 Å². The maximum Gasteiger partial charge on any atom is 0.137 e. The van der Waals surface area contributed by atoms with Gasteiger partial charge in [0.2, 0.25) is 0 Å². The van der Waals surface area contributed by atoms with Crippen LogP contribution in [0.2, 0.25) is 0 Å². The lowest BCUT2D eigenvalue weighted by molar-refractivity contribution is 0.583. The highest BCUT2D eigenvalue weighted by molar-refractivity contribution is 9.10. The molecule has 0 aliphatic carbocycles. The van der Waals surface area contributed by atoms with Crippen LogP contribution >= 0.6 is 31.9 Å². The Balaban J connectivity index is 2.49. The molecule has 0 aliphatic rings. The second-order valence-electron chi connectivity index (χ2n) is 4.57. The third kappa shape index (κ3) is 3.23. The molecule has 0 radical (unpaired) electrons. The van der Waals surface area contributed by atoms with Crippen LogP contribution in [-0.4, -0.2) is 0 Å². The van der Waals surface area contributed by atoms with E-state index >= 15 is 0 Å². The summed E-state index contributed by atoms with van der Waals surface area (Å²) in [5.41, 5.74) is 3.40. The molecule has 0 heterocycles. The molecule has 1 atom stereocenters. The third-order valence-corrected chi connectivity index (χ3v) is 4.48. The molecule has 0 amide bonds. The van der Waals surface area contributed by atoms with Gasteiger partial charge in [0, 0.05) is 5.56 Å². The monoisotopic (exact) mass is 388 g/mol. The first-order valence-electron chi connectivity index (χ1n) is 5.75. The Morgan fingerprint density at radius 1 is 0.895 bits per heavy atom. The molecule has 0 saturated heterocycles. The summed E-state index contributed by atoms with van der Waals surface area (Å²) in [6, 6.07) is 8.34. The molecular formula is C15H12Br2F2. The number of aryl methyl sites for hydroxylation is 2. The minimum absolute atomic E-state index is 0.133. The number of rotatable bonds is 2. The third-order valence-electron chi connectivity index (χ3n) is 2.85. The first-order chi connectivity index (χ1) is 8.88. The van der Waals surface area contributed by atoms with E-state index in [1.807, 2.05) is 32.0 Å². The molecule has 0 bridgehead atoms. The molecule has 0 spiro atoms. The van der Waals surface area contributed by atoms with Crippen LogP contribution in [0.1, 0.15) is 27.1 Å². The average molecular weight is 390 g/mol. The van der Waals surface area contributed by atoms with E-state index in [9.17, 15) is 8.78 Å². The Morgan fingerprint density at radius 3 is 2.05 bits per heavy atom. The molecule has 100 valence electrons.